The largest absolute Gasteiger partial charge is 0.468 e. The van der Waals surface area contributed by atoms with Gasteiger partial charge in [0.2, 0.25) is 5.91 Å². The summed E-state index contributed by atoms with van der Waals surface area (Å²) in [6.07, 6.45) is 6.91. The number of nitrogens with zero attached hydrogens (tertiary/aromatic N) is 2. The maximum Gasteiger partial charge on any atom is 0.327 e. The van der Waals surface area contributed by atoms with Crippen LogP contribution in [-0.2, 0) is 20.9 Å². The monoisotopic (exact) mass is 281 g/mol. The van der Waals surface area contributed by atoms with E-state index in [1.165, 1.54) is 18.0 Å². The van der Waals surface area contributed by atoms with E-state index in [9.17, 15) is 9.59 Å². The topological polar surface area (TPSA) is 73.2 Å². The van der Waals surface area contributed by atoms with Gasteiger partial charge < -0.3 is 10.1 Å². The lowest BCUT2D eigenvalue weighted by atomic mass is 9.97. The Morgan fingerprint density at radius 1 is 1.35 bits per heavy atom. The van der Waals surface area contributed by atoms with Crippen LogP contribution >= 0.6 is 0 Å². The van der Waals surface area contributed by atoms with Crippen molar-refractivity contribution in [3.63, 3.8) is 0 Å². The summed E-state index contributed by atoms with van der Waals surface area (Å²) in [7, 11) is 1.33. The number of amides is 1. The molecular weight excluding hydrogens is 258 g/mol. The van der Waals surface area contributed by atoms with Crippen molar-refractivity contribution in [1.82, 2.24) is 9.78 Å². The predicted molar refractivity (Wildman–Crippen MR) is 76.2 cm³/mol. The SMILES string of the molecule is CCCC(CCC)C(=O)Nc1cnn(CC(=O)OC)c1. The first-order valence-electron chi connectivity index (χ1n) is 7.00. The summed E-state index contributed by atoms with van der Waals surface area (Å²) in [5.41, 5.74) is 0.608. The van der Waals surface area contributed by atoms with Crippen LogP contribution in [0, 0.1) is 5.92 Å². The summed E-state index contributed by atoms with van der Waals surface area (Å²) in [6.45, 7) is 4.19. The molecule has 0 saturated carbocycles. The van der Waals surface area contributed by atoms with Gasteiger partial charge in [-0.1, -0.05) is 26.7 Å². The predicted octanol–water partition coefficient (Wildman–Crippen LogP) is 2.21. The average molecular weight is 281 g/mol. The standard InChI is InChI=1S/C14H23N3O3/c1-4-6-11(7-5-2)14(19)16-12-8-15-17(9-12)10-13(18)20-3/h8-9,11H,4-7,10H2,1-3H3,(H,16,19). The molecule has 0 unspecified atom stereocenters. The Morgan fingerprint density at radius 2 is 2.00 bits per heavy atom. The number of hydrogen-bond acceptors (Lipinski definition) is 4. The molecule has 1 amide bonds. The molecule has 1 heterocycles. The molecule has 20 heavy (non-hydrogen) atoms. The maximum atomic E-state index is 12.1. The van der Waals surface area contributed by atoms with Crippen molar-refractivity contribution in [2.75, 3.05) is 12.4 Å². The minimum atomic E-state index is -0.374. The van der Waals surface area contributed by atoms with Gasteiger partial charge in [-0.25, -0.2) is 0 Å². The van der Waals surface area contributed by atoms with Crippen LogP contribution in [0.4, 0.5) is 5.69 Å². The van der Waals surface area contributed by atoms with E-state index in [2.05, 4.69) is 29.0 Å². The van der Waals surface area contributed by atoms with Crippen molar-refractivity contribution in [3.05, 3.63) is 12.4 Å². The number of carbonyl (C=O) groups excluding carboxylic acids is 2. The van der Waals surface area contributed by atoms with Gasteiger partial charge in [0.25, 0.3) is 0 Å². The third-order valence-electron chi connectivity index (χ3n) is 3.06. The van der Waals surface area contributed by atoms with Crippen molar-refractivity contribution >= 4 is 17.6 Å². The lowest BCUT2D eigenvalue weighted by Gasteiger charge is -2.14. The first-order valence-corrected chi connectivity index (χ1v) is 7.00. The van der Waals surface area contributed by atoms with Gasteiger partial charge >= 0.3 is 5.97 Å². The van der Waals surface area contributed by atoms with Crippen LogP contribution in [0.3, 0.4) is 0 Å². The number of hydrogen-bond donors (Lipinski definition) is 1. The lowest BCUT2D eigenvalue weighted by Crippen LogP contribution is -2.22. The first kappa shape index (κ1) is 16.2. The van der Waals surface area contributed by atoms with Crippen molar-refractivity contribution in [2.24, 2.45) is 5.92 Å². The maximum absolute atomic E-state index is 12.1. The zero-order valence-corrected chi connectivity index (χ0v) is 12.4. The Kier molecular flexibility index (Phi) is 6.76. The lowest BCUT2D eigenvalue weighted by molar-refractivity contribution is -0.141. The van der Waals surface area contributed by atoms with Gasteiger partial charge in [0.05, 0.1) is 19.0 Å². The Morgan fingerprint density at radius 3 is 2.55 bits per heavy atom. The van der Waals surface area contributed by atoms with Crippen LogP contribution in [0.15, 0.2) is 12.4 Å². The minimum Gasteiger partial charge on any atom is -0.468 e. The summed E-state index contributed by atoms with van der Waals surface area (Å²) in [6, 6.07) is 0. The van der Waals surface area contributed by atoms with Gasteiger partial charge in [0, 0.05) is 12.1 Å². The third-order valence-corrected chi connectivity index (χ3v) is 3.06. The molecule has 0 spiro atoms. The second kappa shape index (κ2) is 8.35. The molecule has 1 N–H and O–H groups in total. The van der Waals surface area contributed by atoms with E-state index < -0.39 is 0 Å². The number of anilines is 1. The molecule has 0 aliphatic carbocycles. The second-order valence-electron chi connectivity index (χ2n) is 4.77. The van der Waals surface area contributed by atoms with Crippen LogP contribution in [0.1, 0.15) is 39.5 Å². The minimum absolute atomic E-state index is 0.0197. The highest BCUT2D eigenvalue weighted by Crippen LogP contribution is 2.16. The van der Waals surface area contributed by atoms with Gasteiger partial charge in [-0.3, -0.25) is 14.3 Å². The molecule has 1 aromatic heterocycles. The molecule has 0 aromatic carbocycles. The number of carbonyl (C=O) groups is 2. The van der Waals surface area contributed by atoms with Gasteiger partial charge in [0.1, 0.15) is 6.54 Å². The first-order chi connectivity index (χ1) is 9.60. The number of aromatic nitrogens is 2. The molecule has 112 valence electrons. The molecular formula is C14H23N3O3. The molecule has 1 rings (SSSR count). The number of nitrogens with one attached hydrogen (secondary N) is 1. The Hall–Kier alpha value is -1.85. The normalized spacial score (nSPS) is 10.6. The highest BCUT2D eigenvalue weighted by atomic mass is 16.5. The Bertz CT molecular complexity index is 437. The summed E-state index contributed by atoms with van der Waals surface area (Å²) in [5, 5.41) is 6.86. The van der Waals surface area contributed by atoms with Crippen molar-refractivity contribution in [3.8, 4) is 0 Å². The van der Waals surface area contributed by atoms with Crippen molar-refractivity contribution in [1.29, 1.82) is 0 Å². The summed E-state index contributed by atoms with van der Waals surface area (Å²) >= 11 is 0. The zero-order valence-electron chi connectivity index (χ0n) is 12.4. The van der Waals surface area contributed by atoms with E-state index in [1.807, 2.05) is 0 Å². The number of rotatable bonds is 8. The zero-order chi connectivity index (χ0) is 15.0. The number of methoxy groups -OCH3 is 1. The molecule has 0 fully saturated rings. The van der Waals surface area contributed by atoms with E-state index in [4.69, 9.17) is 0 Å². The molecule has 0 atom stereocenters. The molecule has 0 bridgehead atoms. The van der Waals surface area contributed by atoms with Crippen molar-refractivity contribution in [2.45, 2.75) is 46.1 Å². The van der Waals surface area contributed by atoms with Crippen LogP contribution < -0.4 is 5.32 Å². The highest BCUT2D eigenvalue weighted by molar-refractivity contribution is 5.92. The molecule has 0 aliphatic heterocycles. The van der Waals surface area contributed by atoms with E-state index in [1.54, 1.807) is 6.20 Å². The fraction of sp³-hybridized carbons (Fsp3) is 0.643. The summed E-state index contributed by atoms with van der Waals surface area (Å²) < 4.78 is 6.00. The quantitative estimate of drug-likeness (QED) is 0.741. The molecule has 6 heteroatoms. The highest BCUT2D eigenvalue weighted by Gasteiger charge is 2.17. The number of ether oxygens (including phenoxy) is 1. The van der Waals surface area contributed by atoms with E-state index >= 15 is 0 Å². The second-order valence-corrected chi connectivity index (χ2v) is 4.77. The van der Waals surface area contributed by atoms with Crippen molar-refractivity contribution < 1.29 is 14.3 Å². The van der Waals surface area contributed by atoms with Gasteiger partial charge in [-0.15, -0.1) is 0 Å². The molecule has 0 aliphatic rings. The third kappa shape index (κ3) is 5.03. The van der Waals surface area contributed by atoms with Gasteiger partial charge in [-0.05, 0) is 12.8 Å². The summed E-state index contributed by atoms with van der Waals surface area (Å²) in [5.74, 6) is -0.318. The molecule has 0 saturated heterocycles. The Labute approximate surface area is 119 Å². The van der Waals surface area contributed by atoms with Crippen LogP contribution in [0.2, 0.25) is 0 Å². The van der Waals surface area contributed by atoms with Crippen LogP contribution in [0.5, 0.6) is 0 Å². The number of esters is 1. The smallest absolute Gasteiger partial charge is 0.327 e. The fourth-order valence-electron chi connectivity index (χ4n) is 2.06. The van der Waals surface area contributed by atoms with Gasteiger partial charge in [0.15, 0.2) is 0 Å². The van der Waals surface area contributed by atoms with E-state index in [0.29, 0.717) is 5.69 Å². The fourth-order valence-corrected chi connectivity index (χ4v) is 2.06. The summed E-state index contributed by atoms with van der Waals surface area (Å²) in [4.78, 5) is 23.3. The van der Waals surface area contributed by atoms with Crippen LogP contribution in [-0.4, -0.2) is 28.8 Å². The Balaban J connectivity index is 2.58. The molecule has 6 nitrogen and oxygen atoms in total. The molecule has 1 aromatic rings. The van der Waals surface area contributed by atoms with Gasteiger partial charge in [-0.2, -0.15) is 5.10 Å². The molecule has 0 radical (unpaired) electrons. The van der Waals surface area contributed by atoms with Crippen LogP contribution in [0.25, 0.3) is 0 Å². The average Bonchev–Trinajstić information content (AvgIpc) is 2.85. The van der Waals surface area contributed by atoms with E-state index in [0.717, 1.165) is 25.7 Å². The van der Waals surface area contributed by atoms with E-state index in [-0.39, 0.29) is 24.3 Å².